The molecule has 0 saturated heterocycles. The summed E-state index contributed by atoms with van der Waals surface area (Å²) in [4.78, 5) is 35.7. The predicted octanol–water partition coefficient (Wildman–Crippen LogP) is 3.34. The number of amidine groups is 1. The molecule has 0 saturated carbocycles. The summed E-state index contributed by atoms with van der Waals surface area (Å²) in [5.41, 5.74) is 3.11. The van der Waals surface area contributed by atoms with Gasteiger partial charge in [-0.2, -0.15) is 23.3 Å². The van der Waals surface area contributed by atoms with E-state index >= 15 is 0 Å². The van der Waals surface area contributed by atoms with Crippen molar-refractivity contribution in [1.82, 2.24) is 30.6 Å². The number of benzene rings is 1. The zero-order valence-corrected chi connectivity index (χ0v) is 19.9. The zero-order chi connectivity index (χ0) is 26.3. The molecule has 0 spiro atoms. The van der Waals surface area contributed by atoms with Crippen LogP contribution in [0.2, 0.25) is 4.34 Å². The molecule has 3 aromatic heterocycles. The van der Waals surface area contributed by atoms with E-state index in [0.717, 1.165) is 17.5 Å². The molecule has 0 fully saturated rings. The maximum absolute atomic E-state index is 14.2. The van der Waals surface area contributed by atoms with Crippen molar-refractivity contribution in [3.8, 4) is 11.6 Å². The first kappa shape index (κ1) is 24.2. The van der Waals surface area contributed by atoms with E-state index in [0.29, 0.717) is 15.5 Å². The fourth-order valence-corrected chi connectivity index (χ4v) is 4.63. The lowest BCUT2D eigenvalue weighted by Gasteiger charge is -2.14. The highest BCUT2D eigenvalue weighted by Gasteiger charge is 2.41. The molecule has 0 unspecified atom stereocenters. The van der Waals surface area contributed by atoms with Gasteiger partial charge in [0, 0.05) is 17.0 Å². The third-order valence-corrected chi connectivity index (χ3v) is 6.27. The van der Waals surface area contributed by atoms with E-state index in [-0.39, 0.29) is 38.4 Å². The normalized spacial score (nSPS) is 13.1. The van der Waals surface area contributed by atoms with Gasteiger partial charge in [0.15, 0.2) is 22.6 Å². The largest absolute Gasteiger partial charge is 0.481 e. The van der Waals surface area contributed by atoms with Crippen LogP contribution in [0.15, 0.2) is 47.5 Å². The van der Waals surface area contributed by atoms with Crippen molar-refractivity contribution < 1.29 is 27.5 Å². The molecule has 1 aliphatic heterocycles. The molecule has 188 valence electrons. The van der Waals surface area contributed by atoms with Crippen molar-refractivity contribution >= 4 is 56.5 Å². The Labute approximate surface area is 213 Å². The van der Waals surface area contributed by atoms with Gasteiger partial charge in [-0.25, -0.2) is 19.4 Å². The number of nitrogens with zero attached hydrogens (tertiary/aromatic N) is 5. The average Bonchev–Trinajstić information content (AvgIpc) is 3.61. The predicted molar refractivity (Wildman–Crippen MR) is 128 cm³/mol. The van der Waals surface area contributed by atoms with Gasteiger partial charge in [-0.05, 0) is 18.2 Å². The van der Waals surface area contributed by atoms with Crippen LogP contribution >= 0.6 is 22.9 Å². The Morgan fingerprint density at radius 3 is 2.76 bits per heavy atom. The Kier molecular flexibility index (Phi) is 6.03. The summed E-state index contributed by atoms with van der Waals surface area (Å²) in [5.74, 6) is 0.584. The van der Waals surface area contributed by atoms with Crippen LogP contribution in [0.5, 0.6) is 5.88 Å². The number of thiazole rings is 1. The Hall–Kier alpha value is -4.46. The molecule has 1 amide bonds. The maximum atomic E-state index is 14.2. The van der Waals surface area contributed by atoms with Gasteiger partial charge in [-0.1, -0.05) is 29.0 Å². The smallest absolute Gasteiger partial charge is 0.434 e. The third kappa shape index (κ3) is 4.35. The third-order valence-electron chi connectivity index (χ3n) is 5.10. The number of carbonyl (C=O) groups is 1. The van der Waals surface area contributed by atoms with Gasteiger partial charge in [0.25, 0.3) is 5.91 Å². The highest BCUT2D eigenvalue weighted by atomic mass is 35.5. The quantitative estimate of drug-likeness (QED) is 0.323. The molecule has 0 radical (unpaired) electrons. The summed E-state index contributed by atoms with van der Waals surface area (Å²) in [6.45, 7) is 0. The molecule has 37 heavy (non-hydrogen) atoms. The number of hydrogen-bond donors (Lipinski definition) is 3. The lowest BCUT2D eigenvalue weighted by molar-refractivity contribution is -0.143. The van der Waals surface area contributed by atoms with E-state index < -0.39 is 23.3 Å². The van der Waals surface area contributed by atoms with Crippen LogP contribution in [0.4, 0.5) is 18.3 Å². The molecule has 0 atom stereocenters. The average molecular weight is 549 g/mol. The molecule has 4 heterocycles. The van der Waals surface area contributed by atoms with Crippen molar-refractivity contribution in [3.05, 3.63) is 63.8 Å². The molecule has 5 rings (SSSR count). The number of hydrogen-bond acceptors (Lipinski definition) is 10. The fraction of sp³-hybridized carbons (Fsp3) is 0.0952. The molecule has 11 nitrogen and oxygen atoms in total. The zero-order valence-electron chi connectivity index (χ0n) is 18.3. The molecule has 16 heteroatoms. The van der Waals surface area contributed by atoms with E-state index in [1.54, 1.807) is 6.07 Å². The Morgan fingerprint density at radius 2 is 2.05 bits per heavy atom. The fourth-order valence-electron chi connectivity index (χ4n) is 3.59. The second-order valence-electron chi connectivity index (χ2n) is 7.27. The van der Waals surface area contributed by atoms with Gasteiger partial charge >= 0.3 is 6.18 Å². The molecule has 1 aliphatic rings. The number of hydrazine groups is 1. The number of aliphatic imine (C=N–C) groups is 1. The standard InChI is InChI=1S/C21H12ClF3N8O3S/c1-36-19-10-3-2-4-12(9(10)5-6-26-19)33-15(21(23,24)25)11(7-27-33)18(35)30-20-29-14(16(22)37-20)17-28-13(8-34)31-32-17/h2-7,31H,1H3,(H,28,32)(H,29,30,35). The molecule has 4 aromatic rings. The van der Waals surface area contributed by atoms with E-state index in [1.807, 2.05) is 0 Å². The minimum Gasteiger partial charge on any atom is -0.481 e. The van der Waals surface area contributed by atoms with Crippen LogP contribution in [0.1, 0.15) is 21.7 Å². The summed E-state index contributed by atoms with van der Waals surface area (Å²) in [7, 11) is 1.39. The summed E-state index contributed by atoms with van der Waals surface area (Å²) >= 11 is 6.94. The van der Waals surface area contributed by atoms with E-state index in [2.05, 4.69) is 36.2 Å². The van der Waals surface area contributed by atoms with Crippen LogP contribution in [-0.4, -0.2) is 44.5 Å². The number of rotatable bonds is 5. The summed E-state index contributed by atoms with van der Waals surface area (Å²) in [5, 5.41) is 6.94. The first-order valence-corrected chi connectivity index (χ1v) is 11.3. The van der Waals surface area contributed by atoms with Gasteiger partial charge < -0.3 is 4.74 Å². The monoisotopic (exact) mass is 548 g/mol. The number of methoxy groups -OCH3 is 1. The molecular weight excluding hydrogens is 537 g/mol. The van der Waals surface area contributed by atoms with Crippen LogP contribution in [0.3, 0.4) is 0 Å². The number of halogens is 4. The number of aromatic nitrogens is 4. The first-order chi connectivity index (χ1) is 17.7. The second kappa shape index (κ2) is 9.20. The molecule has 0 bridgehead atoms. The molecular formula is C21H12ClF3N8O3S. The van der Waals surface area contributed by atoms with Crippen molar-refractivity contribution in [3.63, 3.8) is 0 Å². The second-order valence-corrected chi connectivity index (χ2v) is 8.87. The maximum Gasteiger partial charge on any atom is 0.434 e. The summed E-state index contributed by atoms with van der Waals surface area (Å²) < 4.78 is 48.6. The first-order valence-electron chi connectivity index (χ1n) is 10.1. The number of ether oxygens (including phenoxy) is 1. The van der Waals surface area contributed by atoms with Gasteiger partial charge in [0.2, 0.25) is 11.7 Å². The van der Waals surface area contributed by atoms with Crippen LogP contribution in [0, 0.1) is 0 Å². The Bertz CT molecular complexity index is 1640. The number of fused-ring (bicyclic) bond motifs is 1. The minimum atomic E-state index is -4.94. The van der Waals surface area contributed by atoms with Gasteiger partial charge in [-0.15, -0.1) is 0 Å². The number of alkyl halides is 3. The van der Waals surface area contributed by atoms with Gasteiger partial charge in [0.05, 0.1) is 24.6 Å². The van der Waals surface area contributed by atoms with Crippen LogP contribution < -0.4 is 20.9 Å². The van der Waals surface area contributed by atoms with Crippen molar-refractivity contribution in [2.75, 3.05) is 12.4 Å². The highest BCUT2D eigenvalue weighted by Crippen LogP contribution is 2.37. The number of nitrogens with one attached hydrogen (secondary N) is 3. The number of anilines is 1. The molecule has 3 N–H and O–H groups in total. The lowest BCUT2D eigenvalue weighted by Crippen LogP contribution is -2.30. The van der Waals surface area contributed by atoms with E-state index in [4.69, 9.17) is 16.3 Å². The number of carbonyl (C=O) groups excluding carboxylic acids is 2. The number of amides is 1. The Morgan fingerprint density at radius 1 is 1.24 bits per heavy atom. The van der Waals surface area contributed by atoms with Crippen molar-refractivity contribution in [1.29, 1.82) is 0 Å². The van der Waals surface area contributed by atoms with Gasteiger partial charge in [-0.3, -0.25) is 21.0 Å². The Balaban J connectivity index is 1.53. The number of pyridine rings is 1. The van der Waals surface area contributed by atoms with E-state index in [9.17, 15) is 22.8 Å². The van der Waals surface area contributed by atoms with Gasteiger partial charge in [0.1, 0.15) is 10.0 Å². The lowest BCUT2D eigenvalue weighted by atomic mass is 10.1. The summed E-state index contributed by atoms with van der Waals surface area (Å²) in [6, 6.07) is 6.13. The van der Waals surface area contributed by atoms with Crippen molar-refractivity contribution in [2.24, 2.45) is 4.99 Å². The van der Waals surface area contributed by atoms with Crippen molar-refractivity contribution in [2.45, 2.75) is 6.18 Å². The topological polar surface area (TPSA) is 135 Å². The van der Waals surface area contributed by atoms with E-state index in [1.165, 1.54) is 37.4 Å². The SMILES string of the molecule is COc1nccc2c(-n3ncc(C(=O)Nc4nc(C5=NC(=C=O)NN5)c(Cl)s4)c3C(F)(F)F)cccc12. The summed E-state index contributed by atoms with van der Waals surface area (Å²) in [6.07, 6.45) is -2.73. The van der Waals surface area contributed by atoms with Crippen LogP contribution in [-0.2, 0) is 11.0 Å². The minimum absolute atomic E-state index is 0.0700. The van der Waals surface area contributed by atoms with Crippen LogP contribution in [0.25, 0.3) is 16.5 Å². The molecule has 0 aliphatic carbocycles. The highest BCUT2D eigenvalue weighted by molar-refractivity contribution is 7.20. The molecule has 1 aromatic carbocycles.